The first-order valence-electron chi connectivity index (χ1n) is 6.86. The molecule has 1 aliphatic heterocycles. The van der Waals surface area contributed by atoms with E-state index in [-0.39, 0.29) is 12.0 Å². The number of hydrogen-bond donors (Lipinski definition) is 0. The highest BCUT2D eigenvalue weighted by molar-refractivity contribution is 6.34. The number of methoxy groups -OCH3 is 1. The second kappa shape index (κ2) is 5.85. The molecule has 1 atom stereocenters. The monoisotopic (exact) mass is 318 g/mol. The van der Waals surface area contributed by atoms with Gasteiger partial charge in [0, 0.05) is 18.5 Å². The van der Waals surface area contributed by atoms with Gasteiger partial charge in [0.2, 0.25) is 0 Å². The van der Waals surface area contributed by atoms with E-state index < -0.39 is 0 Å². The number of nitrogens with zero attached hydrogens (tertiary/aromatic N) is 2. The summed E-state index contributed by atoms with van der Waals surface area (Å²) >= 11 is 6.09. The molecule has 2 heterocycles. The van der Waals surface area contributed by atoms with Crippen LogP contribution in [0, 0.1) is 0 Å². The Hall–Kier alpha value is -2.27. The number of benzene rings is 1. The van der Waals surface area contributed by atoms with Gasteiger partial charge in [0.05, 0.1) is 29.9 Å². The Morgan fingerprint density at radius 3 is 3.00 bits per heavy atom. The van der Waals surface area contributed by atoms with Crippen LogP contribution in [-0.4, -0.2) is 30.6 Å². The van der Waals surface area contributed by atoms with Crippen molar-refractivity contribution in [2.45, 2.75) is 13.0 Å². The summed E-state index contributed by atoms with van der Waals surface area (Å²) < 4.78 is 11.0. The molecule has 0 fully saturated rings. The topological polar surface area (TPSA) is 51.7 Å². The number of anilines is 1. The third kappa shape index (κ3) is 2.60. The van der Waals surface area contributed by atoms with Crippen molar-refractivity contribution in [1.82, 2.24) is 4.98 Å². The number of rotatable bonds is 2. The average Bonchev–Trinajstić information content (AvgIpc) is 2.53. The van der Waals surface area contributed by atoms with Gasteiger partial charge in [-0.25, -0.2) is 0 Å². The maximum Gasteiger partial charge on any atom is 0.260 e. The smallest absolute Gasteiger partial charge is 0.260 e. The van der Waals surface area contributed by atoms with E-state index in [0.717, 1.165) is 0 Å². The molecule has 0 radical (unpaired) electrons. The summed E-state index contributed by atoms with van der Waals surface area (Å²) in [6, 6.07) is 7.01. The molecule has 2 aromatic rings. The van der Waals surface area contributed by atoms with E-state index in [1.54, 1.807) is 42.5 Å². The van der Waals surface area contributed by atoms with Gasteiger partial charge < -0.3 is 14.4 Å². The summed E-state index contributed by atoms with van der Waals surface area (Å²) in [6.07, 6.45) is 2.91. The lowest BCUT2D eigenvalue weighted by Crippen LogP contribution is -2.42. The van der Waals surface area contributed by atoms with Crippen LogP contribution in [0.5, 0.6) is 11.5 Å². The van der Waals surface area contributed by atoms with Gasteiger partial charge in [-0.3, -0.25) is 9.78 Å². The van der Waals surface area contributed by atoms with Gasteiger partial charge in [-0.15, -0.1) is 0 Å². The van der Waals surface area contributed by atoms with Crippen LogP contribution in [0.4, 0.5) is 5.69 Å². The third-order valence-corrected chi connectivity index (χ3v) is 3.77. The molecule has 5 nitrogen and oxygen atoms in total. The van der Waals surface area contributed by atoms with Crippen molar-refractivity contribution in [3.63, 3.8) is 0 Å². The third-order valence-electron chi connectivity index (χ3n) is 3.47. The van der Waals surface area contributed by atoms with Gasteiger partial charge >= 0.3 is 0 Å². The summed E-state index contributed by atoms with van der Waals surface area (Å²) in [6.45, 7) is 2.36. The normalized spacial score (nSPS) is 16.7. The zero-order valence-electron chi connectivity index (χ0n) is 12.2. The minimum absolute atomic E-state index is 0.106. The van der Waals surface area contributed by atoms with E-state index in [1.165, 1.54) is 6.20 Å². The summed E-state index contributed by atoms with van der Waals surface area (Å²) in [7, 11) is 1.58. The molecule has 1 unspecified atom stereocenters. The molecule has 1 aromatic heterocycles. The van der Waals surface area contributed by atoms with Crippen LogP contribution in [0.25, 0.3) is 0 Å². The van der Waals surface area contributed by atoms with Crippen LogP contribution in [0.3, 0.4) is 0 Å². The van der Waals surface area contributed by atoms with Crippen molar-refractivity contribution < 1.29 is 14.3 Å². The SMILES string of the molecule is COc1ccc2c(c1)N(C(=O)c1ccncc1Cl)CC(C)O2. The second-order valence-corrected chi connectivity index (χ2v) is 5.44. The number of pyridine rings is 1. The number of carbonyl (C=O) groups excluding carboxylic acids is 1. The molecule has 0 aliphatic carbocycles. The van der Waals surface area contributed by atoms with Crippen LogP contribution in [0.1, 0.15) is 17.3 Å². The van der Waals surface area contributed by atoms with E-state index in [1.807, 2.05) is 6.92 Å². The molecule has 0 saturated carbocycles. The summed E-state index contributed by atoms with van der Waals surface area (Å²) in [4.78, 5) is 18.4. The first-order valence-corrected chi connectivity index (χ1v) is 7.24. The van der Waals surface area contributed by atoms with Crippen LogP contribution in [-0.2, 0) is 0 Å². The highest BCUT2D eigenvalue weighted by Crippen LogP contribution is 2.37. The molecule has 0 spiro atoms. The van der Waals surface area contributed by atoms with Gasteiger partial charge in [0.1, 0.15) is 17.6 Å². The Bertz CT molecular complexity index is 720. The molecule has 6 heteroatoms. The van der Waals surface area contributed by atoms with E-state index in [9.17, 15) is 4.79 Å². The minimum Gasteiger partial charge on any atom is -0.497 e. The predicted molar refractivity (Wildman–Crippen MR) is 84.0 cm³/mol. The molecule has 3 rings (SSSR count). The van der Waals surface area contributed by atoms with Crippen molar-refractivity contribution in [2.24, 2.45) is 0 Å². The number of hydrogen-bond acceptors (Lipinski definition) is 4. The fourth-order valence-corrected chi connectivity index (χ4v) is 2.63. The number of halogens is 1. The van der Waals surface area contributed by atoms with Gasteiger partial charge in [-0.2, -0.15) is 0 Å². The Balaban J connectivity index is 2.04. The summed E-state index contributed by atoms with van der Waals surface area (Å²) in [5, 5.41) is 0.330. The highest BCUT2D eigenvalue weighted by Gasteiger charge is 2.29. The van der Waals surface area contributed by atoms with E-state index in [4.69, 9.17) is 21.1 Å². The van der Waals surface area contributed by atoms with E-state index in [0.29, 0.717) is 34.3 Å². The maximum atomic E-state index is 12.8. The fraction of sp³-hybridized carbons (Fsp3) is 0.250. The number of aromatic nitrogens is 1. The van der Waals surface area contributed by atoms with Crippen molar-refractivity contribution in [3.8, 4) is 11.5 Å². The molecule has 0 bridgehead atoms. The number of amides is 1. The van der Waals surface area contributed by atoms with E-state index >= 15 is 0 Å². The van der Waals surface area contributed by atoms with Crippen molar-refractivity contribution >= 4 is 23.2 Å². The largest absolute Gasteiger partial charge is 0.497 e. The Morgan fingerprint density at radius 1 is 1.45 bits per heavy atom. The first kappa shape index (κ1) is 14.7. The van der Waals surface area contributed by atoms with Crippen molar-refractivity contribution in [1.29, 1.82) is 0 Å². The molecule has 114 valence electrons. The highest BCUT2D eigenvalue weighted by atomic mass is 35.5. The van der Waals surface area contributed by atoms with Crippen LogP contribution >= 0.6 is 11.6 Å². The summed E-state index contributed by atoms with van der Waals surface area (Å²) in [5.74, 6) is 1.13. The fourth-order valence-electron chi connectivity index (χ4n) is 2.43. The molecule has 1 aliphatic rings. The maximum absolute atomic E-state index is 12.8. The number of ether oxygens (including phenoxy) is 2. The summed E-state index contributed by atoms with van der Waals surface area (Å²) in [5.41, 5.74) is 1.09. The predicted octanol–water partition coefficient (Wildman–Crippen LogP) is 3.17. The Morgan fingerprint density at radius 2 is 2.27 bits per heavy atom. The standard InChI is InChI=1S/C16H15ClN2O3/c1-10-9-19(16(20)12-5-6-18-8-13(12)17)14-7-11(21-2)3-4-15(14)22-10/h3-8,10H,9H2,1-2H3. The number of fused-ring (bicyclic) bond motifs is 1. The van der Waals surface area contributed by atoms with Gasteiger partial charge in [-0.1, -0.05) is 11.6 Å². The molecule has 22 heavy (non-hydrogen) atoms. The first-order chi connectivity index (χ1) is 10.6. The molecule has 1 aromatic carbocycles. The minimum atomic E-state index is -0.183. The van der Waals surface area contributed by atoms with Gasteiger partial charge in [0.25, 0.3) is 5.91 Å². The molecular weight excluding hydrogens is 304 g/mol. The van der Waals surface area contributed by atoms with Gasteiger partial charge in [0.15, 0.2) is 0 Å². The van der Waals surface area contributed by atoms with Crippen LogP contribution in [0.2, 0.25) is 5.02 Å². The molecule has 0 saturated heterocycles. The lowest BCUT2D eigenvalue weighted by molar-refractivity contribution is 0.0961. The zero-order valence-corrected chi connectivity index (χ0v) is 13.0. The second-order valence-electron chi connectivity index (χ2n) is 5.03. The van der Waals surface area contributed by atoms with Gasteiger partial charge in [-0.05, 0) is 25.1 Å². The average molecular weight is 319 g/mol. The number of carbonyl (C=O) groups is 1. The Kier molecular flexibility index (Phi) is 3.90. The van der Waals surface area contributed by atoms with E-state index in [2.05, 4.69) is 4.98 Å². The molecule has 0 N–H and O–H groups in total. The lowest BCUT2D eigenvalue weighted by atomic mass is 10.1. The van der Waals surface area contributed by atoms with Crippen molar-refractivity contribution in [3.05, 3.63) is 47.2 Å². The quantitative estimate of drug-likeness (QED) is 0.853. The van der Waals surface area contributed by atoms with Crippen LogP contribution in [0.15, 0.2) is 36.7 Å². The van der Waals surface area contributed by atoms with Crippen LogP contribution < -0.4 is 14.4 Å². The zero-order chi connectivity index (χ0) is 15.7. The Labute approximate surface area is 133 Å². The molecule has 1 amide bonds. The lowest BCUT2D eigenvalue weighted by Gasteiger charge is -2.33. The molecular formula is C16H15ClN2O3. The van der Waals surface area contributed by atoms with Crippen molar-refractivity contribution in [2.75, 3.05) is 18.6 Å².